The third-order valence-electron chi connectivity index (χ3n) is 15.0. The largest absolute Gasteiger partial charge is 0.481 e. The highest BCUT2D eigenvalue weighted by molar-refractivity contribution is 6.01. The minimum absolute atomic E-state index is 0.0218. The van der Waals surface area contributed by atoms with Gasteiger partial charge in [-0.3, -0.25) is 76.7 Å². The maximum absolute atomic E-state index is 15.2. The second-order valence-electron chi connectivity index (χ2n) is 23.1. The van der Waals surface area contributed by atoms with Gasteiger partial charge in [-0.2, -0.15) is 0 Å². The van der Waals surface area contributed by atoms with Gasteiger partial charge in [-0.25, -0.2) is 0 Å². The van der Waals surface area contributed by atoms with Crippen LogP contribution in [0.15, 0.2) is 12.2 Å². The van der Waals surface area contributed by atoms with E-state index in [-0.39, 0.29) is 51.6 Å². The minimum atomic E-state index is -2.15. The molecule has 0 aromatic heterocycles. The van der Waals surface area contributed by atoms with Crippen molar-refractivity contribution in [2.75, 3.05) is 26.2 Å². The van der Waals surface area contributed by atoms with Crippen molar-refractivity contribution in [1.29, 1.82) is 0 Å². The molecule has 33 nitrogen and oxygen atoms in total. The number of carboxylic acid groups (broad SMARTS) is 4. The molecule has 3 saturated heterocycles. The number of nitrogens with zero attached hydrogens (tertiary/aromatic N) is 2. The van der Waals surface area contributed by atoms with Gasteiger partial charge in [0, 0.05) is 25.6 Å². The summed E-state index contributed by atoms with van der Waals surface area (Å²) >= 11 is 0. The van der Waals surface area contributed by atoms with Crippen molar-refractivity contribution in [3.63, 3.8) is 0 Å². The first kappa shape index (κ1) is 74.5. The van der Waals surface area contributed by atoms with E-state index >= 15 is 4.79 Å². The van der Waals surface area contributed by atoms with Crippen LogP contribution in [0.4, 0.5) is 0 Å². The molecule has 3 fully saturated rings. The first-order valence-corrected chi connectivity index (χ1v) is 29.6. The Hall–Kier alpha value is -8.78. The van der Waals surface area contributed by atoms with Gasteiger partial charge in [0.2, 0.25) is 70.9 Å². The Morgan fingerprint density at radius 1 is 0.596 bits per heavy atom. The smallest absolute Gasteiger partial charge is 0.308 e. The first-order chi connectivity index (χ1) is 41.7. The Labute approximate surface area is 513 Å². The molecule has 0 bridgehead atoms. The summed E-state index contributed by atoms with van der Waals surface area (Å²) < 4.78 is 0. The van der Waals surface area contributed by atoms with Gasteiger partial charge in [-0.1, -0.05) is 52.7 Å². The molecule has 0 aromatic rings. The third-order valence-corrected chi connectivity index (χ3v) is 15.0. The summed E-state index contributed by atoms with van der Waals surface area (Å²) in [4.78, 5) is 218. The fourth-order valence-corrected chi connectivity index (χ4v) is 10.0. The third kappa shape index (κ3) is 24.0. The maximum atomic E-state index is 15.2. The van der Waals surface area contributed by atoms with E-state index in [0.717, 1.165) is 36.0 Å². The molecule has 0 saturated carbocycles. The predicted molar refractivity (Wildman–Crippen MR) is 310 cm³/mol. The van der Waals surface area contributed by atoms with E-state index in [4.69, 9.17) is 5.73 Å². The maximum Gasteiger partial charge on any atom is 0.308 e. The lowest BCUT2D eigenvalue weighted by molar-refractivity contribution is -0.150. The molecular formula is C56H87N13O20. The van der Waals surface area contributed by atoms with E-state index in [1.807, 2.05) is 16.0 Å². The number of carbonyl (C=O) groups is 16. The lowest BCUT2D eigenvalue weighted by atomic mass is 9.96. The molecule has 3 heterocycles. The monoisotopic (exact) mass is 1260 g/mol. The van der Waals surface area contributed by atoms with Crippen molar-refractivity contribution in [2.45, 2.75) is 198 Å². The van der Waals surface area contributed by atoms with E-state index in [1.165, 1.54) is 13.8 Å². The Morgan fingerprint density at radius 3 is 1.67 bits per heavy atom. The molecule has 0 aromatic carbocycles. The van der Waals surface area contributed by atoms with Crippen LogP contribution in [-0.4, -0.2) is 218 Å². The molecule has 496 valence electrons. The van der Waals surface area contributed by atoms with Gasteiger partial charge in [-0.05, 0) is 77.6 Å². The predicted octanol–water partition coefficient (Wildman–Crippen LogP) is -4.19. The number of unbranched alkanes of at least 4 members (excludes halogenated alkanes) is 2. The number of nitrogens with one attached hydrogen (secondary N) is 10. The van der Waals surface area contributed by atoms with Crippen LogP contribution in [-0.2, 0) is 76.7 Å². The summed E-state index contributed by atoms with van der Waals surface area (Å²) in [5.74, 6) is -22.0. The number of carboxylic acids is 4. The van der Waals surface area contributed by atoms with Gasteiger partial charge < -0.3 is 89.1 Å². The Kier molecular flexibility index (Phi) is 30.0. The van der Waals surface area contributed by atoms with Crippen LogP contribution in [0.25, 0.3) is 0 Å². The lowest BCUT2D eigenvalue weighted by Crippen LogP contribution is -2.66. The van der Waals surface area contributed by atoms with Crippen molar-refractivity contribution >= 4 is 94.8 Å². The van der Waals surface area contributed by atoms with Gasteiger partial charge in [0.25, 0.3) is 0 Å². The quantitative estimate of drug-likeness (QED) is 0.0406. The summed E-state index contributed by atoms with van der Waals surface area (Å²) in [7, 11) is 0. The summed E-state index contributed by atoms with van der Waals surface area (Å²) in [6.45, 7) is 8.53. The lowest BCUT2D eigenvalue weighted by Gasteiger charge is -2.39. The zero-order chi connectivity index (χ0) is 67.0. The van der Waals surface area contributed by atoms with Crippen LogP contribution >= 0.6 is 0 Å². The van der Waals surface area contributed by atoms with Crippen LogP contribution in [0.3, 0.4) is 0 Å². The molecule has 0 aliphatic carbocycles. The Balaban J connectivity index is 2.19. The zero-order valence-electron chi connectivity index (χ0n) is 51.1. The average Bonchev–Trinajstić information content (AvgIpc) is 2.72. The molecule has 0 radical (unpaired) electrons. The highest BCUT2D eigenvalue weighted by Crippen LogP contribution is 2.24. The van der Waals surface area contributed by atoms with Crippen molar-refractivity contribution in [3.05, 3.63) is 12.2 Å². The summed E-state index contributed by atoms with van der Waals surface area (Å²) in [6.07, 6.45) is 3.69. The van der Waals surface area contributed by atoms with Crippen molar-refractivity contribution in [2.24, 2.45) is 23.5 Å². The normalized spacial score (nSPS) is 25.6. The summed E-state index contributed by atoms with van der Waals surface area (Å²) in [5, 5.41) is 62.1. The van der Waals surface area contributed by atoms with E-state index in [0.29, 0.717) is 12.3 Å². The van der Waals surface area contributed by atoms with Gasteiger partial charge >= 0.3 is 23.9 Å². The molecule has 3 aliphatic rings. The van der Waals surface area contributed by atoms with Gasteiger partial charge in [0.1, 0.15) is 54.4 Å². The number of hydrogen-bond donors (Lipinski definition) is 15. The number of fused-ring (bicyclic) bond motifs is 2. The number of amides is 12. The zero-order valence-corrected chi connectivity index (χ0v) is 51.1. The van der Waals surface area contributed by atoms with Crippen LogP contribution in [0, 0.1) is 17.8 Å². The fourth-order valence-electron chi connectivity index (χ4n) is 10.0. The SMILES string of the molecule is CC(C)CCCC/C=C\CC(=O)N[C@@H](CC(=O)O)C(=O)N[C@@H]1C(=O)N2CCCC[C@@H]2C(=O)NC([C@H](C)C(=O)O)C(=O)N[C@@H](CC(=O)O)C(=O)NCC(=O)N[C@@H](CC(=O)O)C(=O)NCC(=O)N[C@H]([C@@H](C)N)C(=O)N[C@@H](C(C)C)C(=O)N2CCC[C@H]2C(=O)N[C@@H]1C. The number of aliphatic carboxylic acids is 4. The van der Waals surface area contributed by atoms with Gasteiger partial charge in [0.05, 0.1) is 44.3 Å². The van der Waals surface area contributed by atoms with Crippen LogP contribution in [0.1, 0.15) is 132 Å². The van der Waals surface area contributed by atoms with Crippen LogP contribution < -0.4 is 58.9 Å². The van der Waals surface area contributed by atoms with Crippen LogP contribution in [0.5, 0.6) is 0 Å². The molecule has 1 unspecified atom stereocenters. The second-order valence-corrected chi connectivity index (χ2v) is 23.1. The molecule has 33 heteroatoms. The van der Waals surface area contributed by atoms with E-state index in [1.54, 1.807) is 26.0 Å². The molecule has 12 atom stereocenters. The molecule has 89 heavy (non-hydrogen) atoms. The standard InChI is InChI=1S/C56H87N13O20/c1-27(2)16-11-9-8-10-12-19-37(70)61-34(24-42(77)78)49(81)67-46-31(7)60-50(82)36-18-15-21-69(36)54(86)43(28(3)4)65-53(85)45(30(6)57)64-39(72)26-59-47(79)32(22-40(73)74)62-38(71)25-58-48(80)33(23-41(75)76)63-52(84)44(29(5)56(88)89)66-51(83)35-17-13-14-20-68(35)55(46)87/h10,12,27-36,43-46H,8-9,11,13-26,57H2,1-7H3,(H,58,80)(H,59,79)(H,60,82)(H,61,70)(H,62,71)(H,63,84)(H,64,72)(H,65,85)(H,66,83)(H,67,81)(H,73,74)(H,75,76)(H,77,78)(H,88,89)/b12-10-/t29-,30+,31+,32-,33-,34-,35+,36-,43-,44?,45+,46-/m0/s1. The number of carbonyl (C=O) groups excluding carboxylic acids is 12. The van der Waals surface area contributed by atoms with Crippen molar-refractivity contribution in [1.82, 2.24) is 63.0 Å². The molecule has 16 N–H and O–H groups in total. The Bertz CT molecular complexity index is 2670. The number of hydrogen-bond acceptors (Lipinski definition) is 17. The average molecular weight is 1260 g/mol. The van der Waals surface area contributed by atoms with Gasteiger partial charge in [-0.15, -0.1) is 0 Å². The summed E-state index contributed by atoms with van der Waals surface area (Å²) in [6, 6.07) is -18.5. The van der Waals surface area contributed by atoms with E-state index < -0.39 is 205 Å². The van der Waals surface area contributed by atoms with Crippen LogP contribution in [0.2, 0.25) is 0 Å². The fraction of sp³-hybridized carbons (Fsp3) is 0.679. The Morgan fingerprint density at radius 2 is 1.12 bits per heavy atom. The minimum Gasteiger partial charge on any atom is -0.481 e. The molecular weight excluding hydrogens is 1170 g/mol. The highest BCUT2D eigenvalue weighted by Gasteiger charge is 2.45. The highest BCUT2D eigenvalue weighted by atomic mass is 16.4. The van der Waals surface area contributed by atoms with Gasteiger partial charge in [0.15, 0.2) is 0 Å². The number of nitrogens with two attached hydrogens (primary N) is 1. The first-order valence-electron chi connectivity index (χ1n) is 29.6. The molecule has 0 spiro atoms. The molecule has 3 aliphatic heterocycles. The molecule has 12 amide bonds. The number of rotatable bonds is 20. The number of piperidine rings is 1. The topological polar surface area (TPSA) is 507 Å². The van der Waals surface area contributed by atoms with E-state index in [9.17, 15) is 92.3 Å². The summed E-state index contributed by atoms with van der Waals surface area (Å²) in [5.41, 5.74) is 6.11. The number of allylic oxidation sites excluding steroid dienone is 1. The van der Waals surface area contributed by atoms with Crippen molar-refractivity contribution < 1.29 is 97.1 Å². The van der Waals surface area contributed by atoms with Crippen molar-refractivity contribution in [3.8, 4) is 0 Å². The second kappa shape index (κ2) is 35.9. The van der Waals surface area contributed by atoms with E-state index in [2.05, 4.69) is 51.1 Å². The molecule has 3 rings (SSSR count).